The summed E-state index contributed by atoms with van der Waals surface area (Å²) in [6.45, 7) is 8.90. The molecule has 1 amide bonds. The topological polar surface area (TPSA) is 29.1 Å². The molecule has 0 aliphatic rings. The van der Waals surface area contributed by atoms with Gasteiger partial charge in [-0.05, 0) is 30.9 Å². The molecule has 1 N–H and O–H groups in total. The molecular formula is C14H20BrNO. The van der Waals surface area contributed by atoms with Crippen LogP contribution in [0, 0.1) is 19.3 Å². The zero-order valence-electron chi connectivity index (χ0n) is 10.9. The molecule has 2 nitrogen and oxygen atoms in total. The number of halogens is 1. The van der Waals surface area contributed by atoms with Crippen molar-refractivity contribution in [3.05, 3.63) is 34.9 Å². The van der Waals surface area contributed by atoms with E-state index in [-0.39, 0.29) is 11.3 Å². The Labute approximate surface area is 112 Å². The zero-order chi connectivity index (χ0) is 13.1. The molecule has 0 heterocycles. The second kappa shape index (κ2) is 5.67. The molecule has 94 valence electrons. The Balaban J connectivity index is 2.71. The molecule has 0 saturated heterocycles. The molecule has 0 aliphatic carbocycles. The van der Waals surface area contributed by atoms with E-state index in [4.69, 9.17) is 0 Å². The zero-order valence-corrected chi connectivity index (χ0v) is 12.5. The maximum atomic E-state index is 12.0. The number of aryl methyl sites for hydroxylation is 2. The predicted octanol–water partition coefficient (Wildman–Crippen LogP) is 3.45. The number of amides is 1. The van der Waals surface area contributed by atoms with E-state index in [2.05, 4.69) is 35.1 Å². The Kier molecular flexibility index (Phi) is 4.75. The first kappa shape index (κ1) is 14.2. The second-order valence-corrected chi connectivity index (χ2v) is 5.86. The van der Waals surface area contributed by atoms with Gasteiger partial charge in [-0.25, -0.2) is 0 Å². The second-order valence-electron chi connectivity index (χ2n) is 5.30. The van der Waals surface area contributed by atoms with Crippen LogP contribution in [0.2, 0.25) is 0 Å². The number of carbonyl (C=O) groups excluding carboxylic acids is 1. The van der Waals surface area contributed by atoms with Crippen LogP contribution < -0.4 is 5.32 Å². The summed E-state index contributed by atoms with van der Waals surface area (Å²) < 4.78 is 0. The molecule has 0 fully saturated rings. The highest BCUT2D eigenvalue weighted by Crippen LogP contribution is 2.17. The maximum Gasteiger partial charge on any atom is 0.251 e. The van der Waals surface area contributed by atoms with E-state index in [1.165, 1.54) is 5.56 Å². The largest absolute Gasteiger partial charge is 0.351 e. The van der Waals surface area contributed by atoms with Crippen molar-refractivity contribution in [3.63, 3.8) is 0 Å². The van der Waals surface area contributed by atoms with Crippen LogP contribution in [0.1, 0.15) is 35.3 Å². The lowest BCUT2D eigenvalue weighted by Gasteiger charge is -2.22. The highest BCUT2D eigenvalue weighted by molar-refractivity contribution is 9.09. The Bertz CT molecular complexity index is 413. The van der Waals surface area contributed by atoms with Gasteiger partial charge in [-0.15, -0.1) is 0 Å². The van der Waals surface area contributed by atoms with Crippen molar-refractivity contribution >= 4 is 21.8 Å². The molecule has 0 radical (unpaired) electrons. The molecule has 1 rings (SSSR count). The van der Waals surface area contributed by atoms with Gasteiger partial charge >= 0.3 is 0 Å². The molecule has 0 unspecified atom stereocenters. The fourth-order valence-electron chi connectivity index (χ4n) is 1.53. The van der Waals surface area contributed by atoms with Gasteiger partial charge in [0.25, 0.3) is 5.91 Å². The summed E-state index contributed by atoms with van der Waals surface area (Å²) in [5, 5.41) is 3.85. The summed E-state index contributed by atoms with van der Waals surface area (Å²) in [6.07, 6.45) is 0. The molecule has 0 aromatic heterocycles. The van der Waals surface area contributed by atoms with Crippen LogP contribution in [0.25, 0.3) is 0 Å². The smallest absolute Gasteiger partial charge is 0.251 e. The minimum Gasteiger partial charge on any atom is -0.351 e. The maximum absolute atomic E-state index is 12.0. The van der Waals surface area contributed by atoms with Gasteiger partial charge < -0.3 is 5.32 Å². The lowest BCUT2D eigenvalue weighted by molar-refractivity contribution is 0.0939. The Morgan fingerprint density at radius 3 is 2.53 bits per heavy atom. The fraction of sp³-hybridized carbons (Fsp3) is 0.500. The Morgan fingerprint density at radius 2 is 2.00 bits per heavy atom. The third-order valence-corrected chi connectivity index (χ3v) is 4.23. The molecular weight excluding hydrogens is 278 g/mol. The van der Waals surface area contributed by atoms with Crippen molar-refractivity contribution in [2.45, 2.75) is 27.7 Å². The summed E-state index contributed by atoms with van der Waals surface area (Å²) in [6, 6.07) is 5.89. The third kappa shape index (κ3) is 4.15. The van der Waals surface area contributed by atoms with Crippen LogP contribution in [0.3, 0.4) is 0 Å². The van der Waals surface area contributed by atoms with Crippen molar-refractivity contribution in [2.75, 3.05) is 11.9 Å². The first-order valence-electron chi connectivity index (χ1n) is 5.77. The highest BCUT2D eigenvalue weighted by atomic mass is 79.9. The number of hydrogen-bond acceptors (Lipinski definition) is 1. The van der Waals surface area contributed by atoms with E-state index in [9.17, 15) is 4.79 Å². The van der Waals surface area contributed by atoms with Crippen LogP contribution in [0.4, 0.5) is 0 Å². The first-order valence-corrected chi connectivity index (χ1v) is 6.89. The monoisotopic (exact) mass is 297 g/mol. The van der Waals surface area contributed by atoms with E-state index < -0.39 is 0 Å². The summed E-state index contributed by atoms with van der Waals surface area (Å²) in [4.78, 5) is 12.0. The van der Waals surface area contributed by atoms with Gasteiger partial charge in [-0.1, -0.05) is 47.5 Å². The minimum atomic E-state index is 0.0107. The SMILES string of the molecule is Cc1ccc(C(=O)NCC(C)(C)CBr)c(C)c1. The van der Waals surface area contributed by atoms with E-state index >= 15 is 0 Å². The molecule has 0 bridgehead atoms. The molecule has 17 heavy (non-hydrogen) atoms. The van der Waals surface area contributed by atoms with Gasteiger partial charge in [0.15, 0.2) is 0 Å². The summed E-state index contributed by atoms with van der Waals surface area (Å²) >= 11 is 3.45. The van der Waals surface area contributed by atoms with Crippen molar-refractivity contribution in [3.8, 4) is 0 Å². The van der Waals surface area contributed by atoms with Crippen LogP contribution in [0.15, 0.2) is 18.2 Å². The van der Waals surface area contributed by atoms with E-state index in [0.717, 1.165) is 16.5 Å². The third-order valence-electron chi connectivity index (χ3n) is 2.72. The normalized spacial score (nSPS) is 11.4. The standard InChI is InChI=1S/C14H20BrNO/c1-10-5-6-12(11(2)7-10)13(17)16-9-14(3,4)8-15/h5-7H,8-9H2,1-4H3,(H,16,17). The van der Waals surface area contributed by atoms with Crippen LogP contribution >= 0.6 is 15.9 Å². The highest BCUT2D eigenvalue weighted by Gasteiger charge is 2.18. The number of carbonyl (C=O) groups is 1. The van der Waals surface area contributed by atoms with E-state index in [1.807, 2.05) is 32.0 Å². The van der Waals surface area contributed by atoms with Crippen LogP contribution in [-0.2, 0) is 0 Å². The quantitative estimate of drug-likeness (QED) is 0.848. The van der Waals surface area contributed by atoms with Gasteiger partial charge in [0, 0.05) is 17.4 Å². The van der Waals surface area contributed by atoms with Gasteiger partial charge in [-0.2, -0.15) is 0 Å². The van der Waals surface area contributed by atoms with Gasteiger partial charge in [0.1, 0.15) is 0 Å². The molecule has 0 atom stereocenters. The summed E-state index contributed by atoms with van der Waals surface area (Å²) in [5.41, 5.74) is 3.05. The molecule has 0 saturated carbocycles. The molecule has 0 spiro atoms. The number of nitrogens with one attached hydrogen (secondary N) is 1. The minimum absolute atomic E-state index is 0.0107. The summed E-state index contributed by atoms with van der Waals surface area (Å²) in [7, 11) is 0. The van der Waals surface area contributed by atoms with Crippen molar-refractivity contribution in [2.24, 2.45) is 5.41 Å². The molecule has 1 aromatic rings. The lowest BCUT2D eigenvalue weighted by atomic mass is 9.96. The molecule has 1 aromatic carbocycles. The van der Waals surface area contributed by atoms with Gasteiger partial charge in [0.05, 0.1) is 0 Å². The number of hydrogen-bond donors (Lipinski definition) is 1. The Morgan fingerprint density at radius 1 is 1.35 bits per heavy atom. The molecule has 0 aliphatic heterocycles. The van der Waals surface area contributed by atoms with Gasteiger partial charge in [-0.3, -0.25) is 4.79 Å². The molecule has 3 heteroatoms. The average Bonchev–Trinajstić information content (AvgIpc) is 2.26. The van der Waals surface area contributed by atoms with E-state index in [1.54, 1.807) is 0 Å². The summed E-state index contributed by atoms with van der Waals surface area (Å²) in [5.74, 6) is 0.0107. The first-order chi connectivity index (χ1) is 7.85. The van der Waals surface area contributed by atoms with Crippen molar-refractivity contribution in [1.82, 2.24) is 5.32 Å². The van der Waals surface area contributed by atoms with Crippen LogP contribution in [-0.4, -0.2) is 17.8 Å². The van der Waals surface area contributed by atoms with Crippen LogP contribution in [0.5, 0.6) is 0 Å². The number of benzene rings is 1. The van der Waals surface area contributed by atoms with Gasteiger partial charge in [0.2, 0.25) is 0 Å². The fourth-order valence-corrected chi connectivity index (χ4v) is 1.73. The van der Waals surface area contributed by atoms with E-state index in [0.29, 0.717) is 6.54 Å². The Hall–Kier alpha value is -0.830. The average molecular weight is 298 g/mol. The number of alkyl halides is 1. The van der Waals surface area contributed by atoms with Crippen molar-refractivity contribution < 1.29 is 4.79 Å². The number of rotatable bonds is 4. The predicted molar refractivity (Wildman–Crippen MR) is 75.8 cm³/mol. The lowest BCUT2D eigenvalue weighted by Crippen LogP contribution is -2.35. The van der Waals surface area contributed by atoms with Crippen molar-refractivity contribution in [1.29, 1.82) is 0 Å².